The lowest BCUT2D eigenvalue weighted by molar-refractivity contribution is -0.742. The molecule has 0 aliphatic heterocycles. The first kappa shape index (κ1) is 22.8. The van der Waals surface area contributed by atoms with Crippen molar-refractivity contribution < 1.29 is 15.1 Å². The van der Waals surface area contributed by atoms with Gasteiger partial charge in [-0.05, 0) is 36.4 Å². The molecular formula is C17H12Cl4N4O4. The second-order valence-electron chi connectivity index (χ2n) is 5.30. The number of benzene rings is 2. The van der Waals surface area contributed by atoms with E-state index in [0.29, 0.717) is 43.7 Å². The summed E-state index contributed by atoms with van der Waals surface area (Å²) < 4.78 is 1.84. The van der Waals surface area contributed by atoms with Crippen LogP contribution in [0.4, 0.5) is 0 Å². The third kappa shape index (κ3) is 7.43. The van der Waals surface area contributed by atoms with Crippen molar-refractivity contribution >= 4 is 52.1 Å². The standard InChI is InChI=1S/C17H11Cl4N3O.HNO3/c18-11-1-3-13(14(20)7-11)16(9-24-6-5-22-10-24)23-25-17-4-2-12(19)8-15(17)21;2-1(3)4/h1-8,10H,9H2;(H,2,3,4)/b23-16+;. The predicted molar refractivity (Wildman–Crippen MR) is 111 cm³/mol. The van der Waals surface area contributed by atoms with Crippen LogP contribution in [-0.2, 0) is 6.54 Å². The summed E-state index contributed by atoms with van der Waals surface area (Å²) in [6, 6.07) is 10.1. The molecule has 0 atom stereocenters. The zero-order chi connectivity index (χ0) is 21.4. The highest BCUT2D eigenvalue weighted by Gasteiger charge is 2.12. The normalized spacial score (nSPS) is 10.8. The molecule has 0 spiro atoms. The van der Waals surface area contributed by atoms with Gasteiger partial charge in [0.25, 0.3) is 5.09 Å². The highest BCUT2D eigenvalue weighted by atomic mass is 35.5. The van der Waals surface area contributed by atoms with Crippen LogP contribution in [-0.4, -0.2) is 25.6 Å². The number of hydrogen-bond acceptors (Lipinski definition) is 5. The third-order valence-corrected chi connectivity index (χ3v) is 4.36. The van der Waals surface area contributed by atoms with E-state index in [0.717, 1.165) is 0 Å². The number of imidazole rings is 1. The van der Waals surface area contributed by atoms with E-state index in [-0.39, 0.29) is 0 Å². The van der Waals surface area contributed by atoms with Gasteiger partial charge in [0, 0.05) is 28.0 Å². The number of hydrogen-bond donors (Lipinski definition) is 1. The number of rotatable bonds is 5. The Labute approximate surface area is 184 Å². The van der Waals surface area contributed by atoms with E-state index in [4.69, 9.17) is 66.6 Å². The van der Waals surface area contributed by atoms with Crippen LogP contribution < -0.4 is 4.84 Å². The first-order chi connectivity index (χ1) is 13.8. The summed E-state index contributed by atoms with van der Waals surface area (Å²) in [6.45, 7) is 0.409. The van der Waals surface area contributed by atoms with Crippen LogP contribution in [0.15, 0.2) is 60.3 Å². The fourth-order valence-corrected chi connectivity index (χ4v) is 3.05. The van der Waals surface area contributed by atoms with Gasteiger partial charge in [-0.15, -0.1) is 10.1 Å². The molecule has 1 heterocycles. The maximum absolute atomic E-state index is 8.36. The zero-order valence-electron chi connectivity index (χ0n) is 14.4. The van der Waals surface area contributed by atoms with Gasteiger partial charge < -0.3 is 14.6 Å². The summed E-state index contributed by atoms with van der Waals surface area (Å²) >= 11 is 24.3. The fourth-order valence-electron chi connectivity index (χ4n) is 2.09. The molecule has 0 radical (unpaired) electrons. The quantitative estimate of drug-likeness (QED) is 0.291. The highest BCUT2D eigenvalue weighted by Crippen LogP contribution is 2.28. The summed E-state index contributed by atoms with van der Waals surface area (Å²) in [5, 5.41) is 19.8. The molecule has 2 aromatic carbocycles. The van der Waals surface area contributed by atoms with Gasteiger partial charge in [-0.25, -0.2) is 4.98 Å². The smallest absolute Gasteiger partial charge is 0.291 e. The number of halogens is 4. The van der Waals surface area contributed by atoms with Gasteiger partial charge in [0.2, 0.25) is 0 Å². The molecule has 1 N–H and O–H groups in total. The molecule has 0 saturated carbocycles. The summed E-state index contributed by atoms with van der Waals surface area (Å²) in [4.78, 5) is 17.9. The summed E-state index contributed by atoms with van der Waals surface area (Å²) in [5.41, 5.74) is 1.29. The van der Waals surface area contributed by atoms with Crippen molar-refractivity contribution in [2.75, 3.05) is 0 Å². The van der Waals surface area contributed by atoms with Gasteiger partial charge in [-0.1, -0.05) is 51.6 Å². The van der Waals surface area contributed by atoms with Crippen molar-refractivity contribution in [3.05, 3.63) is 90.9 Å². The molecule has 29 heavy (non-hydrogen) atoms. The summed E-state index contributed by atoms with van der Waals surface area (Å²) in [7, 11) is 0. The molecule has 0 fully saturated rings. The SMILES string of the molecule is Clc1ccc(O/N=C(\Cn2ccnc2)c2ccc(Cl)cc2Cl)c(Cl)c1.O=[N+]([O-])O. The minimum atomic E-state index is -1.50. The maximum atomic E-state index is 8.36. The Morgan fingerprint density at radius 3 is 2.31 bits per heavy atom. The fraction of sp³-hybridized carbons (Fsp3) is 0.0588. The Morgan fingerprint density at radius 2 is 1.76 bits per heavy atom. The van der Waals surface area contributed by atoms with Crippen molar-refractivity contribution in [1.29, 1.82) is 0 Å². The van der Waals surface area contributed by atoms with Crippen LogP contribution in [0.5, 0.6) is 5.75 Å². The van der Waals surface area contributed by atoms with Gasteiger partial charge in [0.15, 0.2) is 5.75 Å². The number of oxime groups is 1. The lowest BCUT2D eigenvalue weighted by Gasteiger charge is -2.10. The van der Waals surface area contributed by atoms with Gasteiger partial charge in [0.1, 0.15) is 5.71 Å². The van der Waals surface area contributed by atoms with Gasteiger partial charge in [0.05, 0.1) is 22.9 Å². The van der Waals surface area contributed by atoms with Gasteiger partial charge >= 0.3 is 0 Å². The molecule has 0 saturated heterocycles. The average Bonchev–Trinajstić information content (AvgIpc) is 3.13. The van der Waals surface area contributed by atoms with Crippen LogP contribution >= 0.6 is 46.4 Å². The third-order valence-electron chi connectivity index (χ3n) is 3.28. The Balaban J connectivity index is 0.000000687. The Hall–Kier alpha value is -2.52. The predicted octanol–water partition coefficient (Wildman–Crippen LogP) is 5.63. The molecule has 8 nitrogen and oxygen atoms in total. The molecule has 3 aromatic rings. The van der Waals surface area contributed by atoms with E-state index in [2.05, 4.69) is 10.1 Å². The van der Waals surface area contributed by atoms with Crippen molar-refractivity contribution in [1.82, 2.24) is 9.55 Å². The molecule has 1 aromatic heterocycles. The van der Waals surface area contributed by atoms with Crippen LogP contribution in [0.1, 0.15) is 5.56 Å². The second-order valence-corrected chi connectivity index (χ2v) is 6.99. The largest absolute Gasteiger partial charge is 0.355 e. The molecular weight excluding hydrogens is 466 g/mol. The molecule has 0 amide bonds. The van der Waals surface area contributed by atoms with E-state index in [1.54, 1.807) is 48.9 Å². The minimum Gasteiger partial charge on any atom is -0.355 e. The Kier molecular flexibility index (Phi) is 8.53. The van der Waals surface area contributed by atoms with Gasteiger partial charge in [-0.3, -0.25) is 0 Å². The number of aromatic nitrogens is 2. The van der Waals surface area contributed by atoms with Crippen molar-refractivity contribution in [2.45, 2.75) is 6.54 Å². The number of nitrogens with zero attached hydrogens (tertiary/aromatic N) is 4. The van der Waals surface area contributed by atoms with E-state index in [1.165, 1.54) is 0 Å². The molecule has 0 aliphatic rings. The topological polar surface area (TPSA) is 103 Å². The Bertz CT molecular complexity index is 1010. The molecule has 12 heteroatoms. The van der Waals surface area contributed by atoms with Crippen molar-refractivity contribution in [3.63, 3.8) is 0 Å². The molecule has 3 rings (SSSR count). The first-order valence-electron chi connectivity index (χ1n) is 7.69. The molecule has 0 unspecified atom stereocenters. The maximum Gasteiger partial charge on any atom is 0.291 e. The second kappa shape index (κ2) is 10.9. The zero-order valence-corrected chi connectivity index (χ0v) is 17.4. The highest BCUT2D eigenvalue weighted by molar-refractivity contribution is 6.37. The van der Waals surface area contributed by atoms with Crippen molar-refractivity contribution in [2.24, 2.45) is 5.16 Å². The van der Waals surface area contributed by atoms with E-state index in [1.807, 2.05) is 10.8 Å². The summed E-state index contributed by atoms with van der Waals surface area (Å²) in [6.07, 6.45) is 5.17. The minimum absolute atomic E-state index is 0.362. The molecule has 0 aliphatic carbocycles. The lowest BCUT2D eigenvalue weighted by Crippen LogP contribution is -2.12. The van der Waals surface area contributed by atoms with Crippen LogP contribution in [0.2, 0.25) is 20.1 Å². The van der Waals surface area contributed by atoms with Crippen LogP contribution in [0.25, 0.3) is 0 Å². The summed E-state index contributed by atoms with van der Waals surface area (Å²) in [5.74, 6) is 0.388. The van der Waals surface area contributed by atoms with E-state index < -0.39 is 5.09 Å². The van der Waals surface area contributed by atoms with Gasteiger partial charge in [-0.2, -0.15) is 0 Å². The Morgan fingerprint density at radius 1 is 1.14 bits per heavy atom. The average molecular weight is 478 g/mol. The molecule has 152 valence electrons. The first-order valence-corrected chi connectivity index (χ1v) is 9.21. The van der Waals surface area contributed by atoms with Crippen LogP contribution in [0.3, 0.4) is 0 Å². The van der Waals surface area contributed by atoms with Crippen molar-refractivity contribution in [3.8, 4) is 5.75 Å². The monoisotopic (exact) mass is 476 g/mol. The van der Waals surface area contributed by atoms with E-state index >= 15 is 0 Å². The molecule has 0 bridgehead atoms. The van der Waals surface area contributed by atoms with Crippen LogP contribution in [0, 0.1) is 10.1 Å². The van der Waals surface area contributed by atoms with E-state index in [9.17, 15) is 0 Å². The lowest BCUT2D eigenvalue weighted by atomic mass is 10.1.